The van der Waals surface area contributed by atoms with Crippen LogP contribution in [-0.4, -0.2) is 24.8 Å². The van der Waals surface area contributed by atoms with Gasteiger partial charge in [-0.25, -0.2) is 0 Å². The van der Waals surface area contributed by atoms with Crippen molar-refractivity contribution in [2.45, 2.75) is 117 Å². The monoisotopic (exact) mass is 548 g/mol. The fourth-order valence-corrected chi connectivity index (χ4v) is 4.70. The number of unbranched alkanes of at least 4 members (excludes halogenated alkanes) is 14. The van der Waals surface area contributed by atoms with Crippen molar-refractivity contribution < 1.29 is 19.1 Å². The van der Waals surface area contributed by atoms with Crippen LogP contribution in [0.15, 0.2) is 60.7 Å². The topological polar surface area (TPSA) is 52.6 Å². The number of benzene rings is 2. The minimum absolute atomic E-state index is 0.375. The highest BCUT2D eigenvalue weighted by molar-refractivity contribution is 6.49. The third-order valence-corrected chi connectivity index (χ3v) is 7.23. The van der Waals surface area contributed by atoms with Crippen LogP contribution in [0.2, 0.25) is 0 Å². The predicted molar refractivity (Wildman–Crippen MR) is 167 cm³/mol. The van der Waals surface area contributed by atoms with Gasteiger partial charge >= 0.3 is 0 Å². The summed E-state index contributed by atoms with van der Waals surface area (Å²) in [5, 5.41) is 0. The van der Waals surface area contributed by atoms with E-state index in [-0.39, 0.29) is 0 Å². The first-order valence-electron chi connectivity index (χ1n) is 15.8. The maximum Gasteiger partial charge on any atom is 0.233 e. The van der Waals surface area contributed by atoms with E-state index in [4.69, 9.17) is 9.47 Å². The van der Waals surface area contributed by atoms with Crippen LogP contribution >= 0.6 is 0 Å². The number of allylic oxidation sites excluding steroid dienone is 2. The van der Waals surface area contributed by atoms with Crippen molar-refractivity contribution in [2.75, 3.05) is 13.2 Å². The van der Waals surface area contributed by atoms with E-state index >= 15 is 0 Å². The van der Waals surface area contributed by atoms with E-state index in [2.05, 4.69) is 26.0 Å². The zero-order chi connectivity index (χ0) is 28.7. The molecule has 4 nitrogen and oxygen atoms in total. The summed E-state index contributed by atoms with van der Waals surface area (Å²) in [5.74, 6) is 0.434. The zero-order valence-electron chi connectivity index (χ0n) is 25.1. The second-order valence-electron chi connectivity index (χ2n) is 10.7. The Kier molecular flexibility index (Phi) is 18.2. The molecule has 0 saturated carbocycles. The molecular formula is C36H52O4. The molecule has 0 aliphatic carbocycles. The predicted octanol–water partition coefficient (Wildman–Crippen LogP) is 10.3. The number of carbonyl (C=O) groups is 2. The van der Waals surface area contributed by atoms with Gasteiger partial charge in [0.1, 0.15) is 11.5 Å². The van der Waals surface area contributed by atoms with Gasteiger partial charge < -0.3 is 9.47 Å². The van der Waals surface area contributed by atoms with Crippen LogP contribution in [0.1, 0.15) is 137 Å². The van der Waals surface area contributed by atoms with Crippen LogP contribution in [0.25, 0.3) is 0 Å². The van der Waals surface area contributed by atoms with Crippen LogP contribution in [-0.2, 0) is 0 Å². The summed E-state index contributed by atoms with van der Waals surface area (Å²) in [6, 6.07) is 13.8. The van der Waals surface area contributed by atoms with Crippen molar-refractivity contribution in [3.8, 4) is 11.5 Å². The number of carbonyl (C=O) groups excluding carboxylic acids is 2. The molecule has 0 N–H and O–H groups in total. The quantitative estimate of drug-likeness (QED) is 0.0566. The lowest BCUT2D eigenvalue weighted by molar-refractivity contribution is 0.0817. The van der Waals surface area contributed by atoms with Gasteiger partial charge in [0.25, 0.3) is 0 Å². The van der Waals surface area contributed by atoms with Gasteiger partial charge in [0, 0.05) is 11.1 Å². The van der Waals surface area contributed by atoms with Gasteiger partial charge in [0.2, 0.25) is 11.6 Å². The summed E-state index contributed by atoms with van der Waals surface area (Å²) < 4.78 is 11.6. The van der Waals surface area contributed by atoms with Crippen LogP contribution in [0.4, 0.5) is 0 Å². The first-order valence-corrected chi connectivity index (χ1v) is 15.8. The maximum atomic E-state index is 12.7. The molecule has 0 unspecified atom stereocenters. The molecule has 2 aromatic rings. The molecule has 0 atom stereocenters. The van der Waals surface area contributed by atoms with Crippen LogP contribution in [0.5, 0.6) is 11.5 Å². The molecule has 0 bridgehead atoms. The summed E-state index contributed by atoms with van der Waals surface area (Å²) in [6.07, 6.45) is 24.3. The number of Topliss-reactive ketones (excluding diaryl/α,β-unsaturated/α-hetero) is 2. The van der Waals surface area contributed by atoms with Gasteiger partial charge in [-0.2, -0.15) is 0 Å². The highest BCUT2D eigenvalue weighted by atomic mass is 16.5. The van der Waals surface area contributed by atoms with Gasteiger partial charge in [-0.05, 0) is 81.1 Å². The Morgan fingerprint density at radius 1 is 0.550 bits per heavy atom. The second kappa shape index (κ2) is 21.9. The first-order chi connectivity index (χ1) is 19.7. The molecule has 0 aliphatic heterocycles. The molecule has 0 spiro atoms. The Labute approximate surface area is 243 Å². The molecule has 2 rings (SSSR count). The molecule has 0 heterocycles. The standard InChI is InChI=1S/C36H52O4/c1-3-5-7-9-11-13-14-16-18-20-30-40-34-27-23-32(24-28-34)36(38)35(37)31-21-25-33(26-22-31)39-29-19-17-15-12-10-8-6-4-2/h4,6,21-28H,3,5,7-20,29-30H2,1-2H3. The minimum Gasteiger partial charge on any atom is -0.494 e. The summed E-state index contributed by atoms with van der Waals surface area (Å²) >= 11 is 0. The van der Waals surface area contributed by atoms with E-state index in [1.54, 1.807) is 48.5 Å². The smallest absolute Gasteiger partial charge is 0.233 e. The average molecular weight is 549 g/mol. The molecule has 0 aromatic heterocycles. The number of rotatable bonds is 24. The Morgan fingerprint density at radius 2 is 0.925 bits per heavy atom. The Balaban J connectivity index is 1.61. The lowest BCUT2D eigenvalue weighted by Crippen LogP contribution is -2.14. The van der Waals surface area contributed by atoms with Crippen molar-refractivity contribution in [2.24, 2.45) is 0 Å². The van der Waals surface area contributed by atoms with Crippen LogP contribution < -0.4 is 9.47 Å². The summed E-state index contributed by atoms with van der Waals surface area (Å²) in [6.45, 7) is 5.65. The van der Waals surface area contributed by atoms with Gasteiger partial charge in [-0.15, -0.1) is 0 Å². The van der Waals surface area contributed by atoms with Crippen molar-refractivity contribution in [1.29, 1.82) is 0 Å². The van der Waals surface area contributed by atoms with Crippen molar-refractivity contribution in [3.05, 3.63) is 71.8 Å². The van der Waals surface area contributed by atoms with Gasteiger partial charge in [0.15, 0.2) is 0 Å². The summed E-state index contributed by atoms with van der Waals surface area (Å²) in [7, 11) is 0. The Hall–Kier alpha value is -2.88. The van der Waals surface area contributed by atoms with Gasteiger partial charge in [-0.1, -0.05) is 96.1 Å². The van der Waals surface area contributed by atoms with Crippen LogP contribution in [0.3, 0.4) is 0 Å². The number of ketones is 2. The van der Waals surface area contributed by atoms with Crippen LogP contribution in [0, 0.1) is 0 Å². The zero-order valence-corrected chi connectivity index (χ0v) is 25.1. The molecular weight excluding hydrogens is 496 g/mol. The molecule has 0 amide bonds. The fourth-order valence-electron chi connectivity index (χ4n) is 4.70. The van der Waals surface area contributed by atoms with Gasteiger partial charge in [-0.3, -0.25) is 9.59 Å². The highest BCUT2D eigenvalue weighted by Gasteiger charge is 2.18. The fraction of sp³-hybridized carbons (Fsp3) is 0.556. The molecule has 0 saturated heterocycles. The molecule has 0 fully saturated rings. The lowest BCUT2D eigenvalue weighted by Gasteiger charge is -2.08. The van der Waals surface area contributed by atoms with E-state index in [0.717, 1.165) is 30.8 Å². The molecule has 0 aliphatic rings. The van der Waals surface area contributed by atoms with E-state index < -0.39 is 11.6 Å². The molecule has 2 aromatic carbocycles. The maximum absolute atomic E-state index is 12.7. The number of ether oxygens (including phenoxy) is 2. The van der Waals surface area contributed by atoms with Crippen molar-refractivity contribution >= 4 is 11.6 Å². The van der Waals surface area contributed by atoms with E-state index in [1.165, 1.54) is 83.5 Å². The van der Waals surface area contributed by atoms with E-state index in [9.17, 15) is 9.59 Å². The molecule has 0 radical (unpaired) electrons. The summed E-state index contributed by atoms with van der Waals surface area (Å²) in [5.41, 5.74) is 0.752. The van der Waals surface area contributed by atoms with Gasteiger partial charge in [0.05, 0.1) is 13.2 Å². The Bertz CT molecular complexity index is 959. The number of hydrogen-bond donors (Lipinski definition) is 0. The summed E-state index contributed by atoms with van der Waals surface area (Å²) in [4.78, 5) is 25.5. The van der Waals surface area contributed by atoms with E-state index in [0.29, 0.717) is 24.3 Å². The third kappa shape index (κ3) is 14.5. The Morgan fingerprint density at radius 3 is 1.32 bits per heavy atom. The van der Waals surface area contributed by atoms with Crippen molar-refractivity contribution in [1.82, 2.24) is 0 Å². The molecule has 4 heteroatoms. The third-order valence-electron chi connectivity index (χ3n) is 7.23. The molecule has 40 heavy (non-hydrogen) atoms. The number of hydrogen-bond acceptors (Lipinski definition) is 4. The SMILES string of the molecule is CC=CCCCCCCCOc1ccc(C(=O)C(=O)c2ccc(OCCCCCCCCCCCC)cc2)cc1. The highest BCUT2D eigenvalue weighted by Crippen LogP contribution is 2.18. The second-order valence-corrected chi connectivity index (χ2v) is 10.7. The molecule has 220 valence electrons. The largest absolute Gasteiger partial charge is 0.494 e. The van der Waals surface area contributed by atoms with Crippen molar-refractivity contribution in [3.63, 3.8) is 0 Å². The minimum atomic E-state index is -0.511. The normalized spacial score (nSPS) is 11.2. The lowest BCUT2D eigenvalue weighted by atomic mass is 10.0. The first kappa shape index (κ1) is 33.3. The average Bonchev–Trinajstić information content (AvgIpc) is 2.99. The van der Waals surface area contributed by atoms with E-state index in [1.807, 2.05) is 0 Å².